The van der Waals surface area contributed by atoms with Gasteiger partial charge in [0.25, 0.3) is 0 Å². The van der Waals surface area contributed by atoms with Gasteiger partial charge in [0.1, 0.15) is 11.4 Å². The van der Waals surface area contributed by atoms with Gasteiger partial charge in [-0.15, -0.1) is 0 Å². The molecule has 0 spiro atoms. The minimum atomic E-state index is -0.555. The van der Waals surface area contributed by atoms with Crippen LogP contribution in [0.5, 0.6) is 0 Å². The van der Waals surface area contributed by atoms with Gasteiger partial charge in [0.15, 0.2) is 5.16 Å². The van der Waals surface area contributed by atoms with Crippen molar-refractivity contribution in [2.75, 3.05) is 18.1 Å². The first-order valence-corrected chi connectivity index (χ1v) is 7.68. The van der Waals surface area contributed by atoms with E-state index >= 15 is 0 Å². The Bertz CT molecular complexity index is 510. The zero-order valence-corrected chi connectivity index (χ0v) is 13.2. The smallest absolute Gasteiger partial charge is 0.343 e. The monoisotopic (exact) mass is 312 g/mol. The molecule has 1 atom stereocenters. The Kier molecular flexibility index (Phi) is 6.93. The van der Waals surface area contributed by atoms with Crippen molar-refractivity contribution in [1.82, 2.24) is 15.3 Å². The Hall–Kier alpha value is -1.83. The van der Waals surface area contributed by atoms with Gasteiger partial charge in [-0.2, -0.15) is 0 Å². The normalized spacial score (nSPS) is 11.8. The van der Waals surface area contributed by atoms with Gasteiger partial charge in [0.05, 0.1) is 12.4 Å². The zero-order chi connectivity index (χ0) is 15.8. The maximum absolute atomic E-state index is 11.6. The molecule has 7 nitrogen and oxygen atoms in total. The predicted octanol–water partition coefficient (Wildman–Crippen LogP) is 1.24. The van der Waals surface area contributed by atoms with Crippen molar-refractivity contribution in [3.05, 3.63) is 11.8 Å². The van der Waals surface area contributed by atoms with Crippen LogP contribution in [0, 0.1) is 0 Å². The molecule has 1 rings (SSSR count). The second-order valence-electron chi connectivity index (χ2n) is 4.34. The van der Waals surface area contributed by atoms with E-state index in [0.717, 1.165) is 18.2 Å². The number of nitrogens with two attached hydrogens (primary N) is 1. The van der Waals surface area contributed by atoms with Gasteiger partial charge in [-0.3, -0.25) is 4.79 Å². The summed E-state index contributed by atoms with van der Waals surface area (Å²) in [6, 6.07) is 0.135. The highest BCUT2D eigenvalue weighted by atomic mass is 32.2. The minimum absolute atomic E-state index is 0.0493. The molecule has 8 heteroatoms. The Morgan fingerprint density at radius 3 is 2.76 bits per heavy atom. The van der Waals surface area contributed by atoms with Crippen molar-refractivity contribution in [2.45, 2.75) is 38.4 Å². The van der Waals surface area contributed by atoms with Gasteiger partial charge in [0, 0.05) is 12.2 Å². The average molecular weight is 312 g/mol. The fraction of sp³-hybridized carbons (Fsp3) is 0.538. The van der Waals surface area contributed by atoms with Crippen LogP contribution in [0.15, 0.2) is 11.4 Å². The van der Waals surface area contributed by atoms with Gasteiger partial charge >= 0.3 is 5.97 Å². The summed E-state index contributed by atoms with van der Waals surface area (Å²) in [5.41, 5.74) is 5.83. The van der Waals surface area contributed by atoms with Crippen molar-refractivity contribution in [3.63, 3.8) is 0 Å². The lowest BCUT2D eigenvalue weighted by Gasteiger charge is -2.10. The van der Waals surface area contributed by atoms with Crippen LogP contribution in [0.3, 0.4) is 0 Å². The first-order valence-electron chi connectivity index (χ1n) is 6.69. The van der Waals surface area contributed by atoms with Gasteiger partial charge in [-0.25, -0.2) is 14.8 Å². The van der Waals surface area contributed by atoms with E-state index in [-0.39, 0.29) is 35.7 Å². The number of hydrogen-bond donors (Lipinski definition) is 2. The van der Waals surface area contributed by atoms with E-state index < -0.39 is 5.97 Å². The van der Waals surface area contributed by atoms with Crippen molar-refractivity contribution in [2.24, 2.45) is 0 Å². The number of carbonyl (C=O) groups excluding carboxylic acids is 2. The van der Waals surface area contributed by atoms with E-state index in [9.17, 15) is 9.59 Å². The van der Waals surface area contributed by atoms with Crippen LogP contribution in [0.25, 0.3) is 0 Å². The lowest BCUT2D eigenvalue weighted by atomic mass is 10.3. The maximum atomic E-state index is 11.6. The molecular formula is C13H20N4O3S. The predicted molar refractivity (Wildman–Crippen MR) is 81.0 cm³/mol. The molecule has 0 aliphatic heterocycles. The summed E-state index contributed by atoms with van der Waals surface area (Å²) in [6.07, 6.45) is 2.18. The van der Waals surface area contributed by atoms with E-state index in [1.807, 2.05) is 13.8 Å². The number of ether oxygens (including phenoxy) is 1. The van der Waals surface area contributed by atoms with E-state index in [0.29, 0.717) is 5.16 Å². The lowest BCUT2D eigenvalue weighted by molar-refractivity contribution is -0.119. The molecule has 0 fully saturated rings. The molecule has 0 bridgehead atoms. The highest BCUT2D eigenvalue weighted by molar-refractivity contribution is 7.99. The molecule has 0 aromatic carbocycles. The number of nitrogens with one attached hydrogen (secondary N) is 1. The number of nitrogens with zero attached hydrogens (tertiary/aromatic N) is 2. The largest absolute Gasteiger partial charge is 0.462 e. The van der Waals surface area contributed by atoms with Gasteiger partial charge < -0.3 is 15.8 Å². The molecule has 1 heterocycles. The van der Waals surface area contributed by atoms with E-state index in [1.165, 1.54) is 6.20 Å². The Morgan fingerprint density at radius 1 is 1.48 bits per heavy atom. The molecule has 0 aliphatic rings. The molecule has 21 heavy (non-hydrogen) atoms. The Labute approximate surface area is 128 Å². The van der Waals surface area contributed by atoms with E-state index in [2.05, 4.69) is 15.3 Å². The third-order valence-electron chi connectivity index (χ3n) is 2.64. The van der Waals surface area contributed by atoms with Gasteiger partial charge in [-0.1, -0.05) is 18.7 Å². The molecule has 0 unspecified atom stereocenters. The summed E-state index contributed by atoms with van der Waals surface area (Å²) in [6.45, 7) is 5.89. The lowest BCUT2D eigenvalue weighted by Crippen LogP contribution is -2.33. The minimum Gasteiger partial charge on any atom is -0.462 e. The van der Waals surface area contributed by atoms with Crippen LogP contribution < -0.4 is 11.1 Å². The fourth-order valence-corrected chi connectivity index (χ4v) is 2.00. The summed E-state index contributed by atoms with van der Waals surface area (Å²) in [7, 11) is 0. The second kappa shape index (κ2) is 8.46. The highest BCUT2D eigenvalue weighted by Gasteiger charge is 2.14. The number of nitrogen functional groups attached to an aromatic ring is 1. The van der Waals surface area contributed by atoms with Gasteiger partial charge in [-0.05, 0) is 20.3 Å². The van der Waals surface area contributed by atoms with E-state index in [4.69, 9.17) is 10.5 Å². The molecular weight excluding hydrogens is 292 g/mol. The number of esters is 1. The maximum Gasteiger partial charge on any atom is 0.343 e. The first-order chi connectivity index (χ1) is 9.97. The SMILES string of the molecule is CCOC(=O)c1cnc(SCC(=O)N[C@H](C)CC)nc1N. The van der Waals surface area contributed by atoms with Crippen LogP contribution in [0.1, 0.15) is 37.6 Å². The third-order valence-corrected chi connectivity index (χ3v) is 3.51. The first kappa shape index (κ1) is 17.2. The molecule has 0 radical (unpaired) electrons. The topological polar surface area (TPSA) is 107 Å². The molecule has 116 valence electrons. The summed E-state index contributed by atoms with van der Waals surface area (Å²) < 4.78 is 4.83. The van der Waals surface area contributed by atoms with E-state index in [1.54, 1.807) is 6.92 Å². The standard InChI is InChI=1S/C13H20N4O3S/c1-4-8(3)16-10(18)7-21-13-15-6-9(11(14)17-13)12(19)20-5-2/h6,8H,4-5,7H2,1-3H3,(H,16,18)(H2,14,15,17)/t8-/m1/s1. The zero-order valence-electron chi connectivity index (χ0n) is 12.4. The Morgan fingerprint density at radius 2 is 2.19 bits per heavy atom. The summed E-state index contributed by atoms with van der Waals surface area (Å²) in [4.78, 5) is 31.2. The van der Waals surface area contributed by atoms with Crippen LogP contribution in [-0.2, 0) is 9.53 Å². The molecule has 0 saturated heterocycles. The quantitative estimate of drug-likeness (QED) is 0.443. The highest BCUT2D eigenvalue weighted by Crippen LogP contribution is 2.16. The third kappa shape index (κ3) is 5.58. The van der Waals surface area contributed by atoms with Crippen LogP contribution >= 0.6 is 11.8 Å². The molecule has 1 aromatic heterocycles. The Balaban J connectivity index is 2.60. The molecule has 1 aromatic rings. The number of aromatic nitrogens is 2. The molecule has 1 amide bonds. The van der Waals surface area contributed by atoms with Crippen LogP contribution in [-0.4, -0.2) is 40.2 Å². The number of amides is 1. The number of anilines is 1. The molecule has 3 N–H and O–H groups in total. The second-order valence-corrected chi connectivity index (χ2v) is 5.28. The summed E-state index contributed by atoms with van der Waals surface area (Å²) in [5, 5.41) is 3.19. The van der Waals surface area contributed by atoms with Crippen LogP contribution in [0.2, 0.25) is 0 Å². The van der Waals surface area contributed by atoms with Crippen molar-refractivity contribution >= 4 is 29.5 Å². The van der Waals surface area contributed by atoms with Gasteiger partial charge in [0.2, 0.25) is 5.91 Å². The summed E-state index contributed by atoms with van der Waals surface area (Å²) >= 11 is 1.16. The number of carbonyl (C=O) groups is 2. The number of thioether (sulfide) groups is 1. The van der Waals surface area contributed by atoms with Crippen LogP contribution in [0.4, 0.5) is 5.82 Å². The van der Waals surface area contributed by atoms with Crippen molar-refractivity contribution in [1.29, 1.82) is 0 Å². The molecule has 0 saturated carbocycles. The summed E-state index contributed by atoms with van der Waals surface area (Å²) in [5.74, 6) is -0.400. The molecule has 0 aliphatic carbocycles. The number of hydrogen-bond acceptors (Lipinski definition) is 7. The number of rotatable bonds is 7. The average Bonchev–Trinajstić information content (AvgIpc) is 2.45. The van der Waals surface area contributed by atoms with Crippen molar-refractivity contribution in [3.8, 4) is 0 Å². The fourth-order valence-electron chi connectivity index (χ4n) is 1.36. The van der Waals surface area contributed by atoms with Crippen molar-refractivity contribution < 1.29 is 14.3 Å².